The molecule has 0 heterocycles. The van der Waals surface area contributed by atoms with Crippen LogP contribution in [0.4, 0.5) is 0 Å². The van der Waals surface area contributed by atoms with E-state index in [4.69, 9.17) is 5.73 Å². The van der Waals surface area contributed by atoms with E-state index in [2.05, 4.69) is 42.5 Å². The first-order valence-electron chi connectivity index (χ1n) is 6.52. The predicted octanol–water partition coefficient (Wildman–Crippen LogP) is 3.43. The van der Waals surface area contributed by atoms with Gasteiger partial charge in [0.2, 0.25) is 5.91 Å². The van der Waals surface area contributed by atoms with Crippen molar-refractivity contribution >= 4 is 16.7 Å². The van der Waals surface area contributed by atoms with E-state index in [0.717, 1.165) is 25.7 Å². The van der Waals surface area contributed by atoms with Gasteiger partial charge in [-0.3, -0.25) is 4.79 Å². The Morgan fingerprint density at radius 3 is 2.50 bits per heavy atom. The van der Waals surface area contributed by atoms with Crippen molar-refractivity contribution in [3.63, 3.8) is 0 Å². The molecular weight excluding hydrogens is 222 g/mol. The molecule has 0 radical (unpaired) electrons. The summed E-state index contributed by atoms with van der Waals surface area (Å²) in [6.07, 6.45) is 4.67. The van der Waals surface area contributed by atoms with Gasteiger partial charge in [0, 0.05) is 6.42 Å². The molecule has 2 nitrogen and oxygen atoms in total. The van der Waals surface area contributed by atoms with E-state index in [9.17, 15) is 4.79 Å². The van der Waals surface area contributed by atoms with Crippen LogP contribution in [0.1, 0.15) is 31.2 Å². The fourth-order valence-corrected chi connectivity index (χ4v) is 2.20. The van der Waals surface area contributed by atoms with Crippen LogP contribution in [0.5, 0.6) is 0 Å². The number of carbonyl (C=O) groups excluding carboxylic acids is 1. The molecule has 0 saturated carbocycles. The average molecular weight is 241 g/mol. The van der Waals surface area contributed by atoms with Crippen LogP contribution in [0.15, 0.2) is 42.5 Å². The second-order valence-electron chi connectivity index (χ2n) is 4.71. The van der Waals surface area contributed by atoms with Gasteiger partial charge in [-0.2, -0.15) is 0 Å². The van der Waals surface area contributed by atoms with Crippen LogP contribution in [0, 0.1) is 0 Å². The number of hydrogen-bond acceptors (Lipinski definition) is 1. The van der Waals surface area contributed by atoms with Crippen molar-refractivity contribution in [2.45, 2.75) is 32.1 Å². The van der Waals surface area contributed by atoms with Gasteiger partial charge in [-0.1, -0.05) is 48.9 Å². The molecule has 0 aromatic heterocycles. The minimum absolute atomic E-state index is 0.194. The van der Waals surface area contributed by atoms with Gasteiger partial charge in [-0.25, -0.2) is 0 Å². The Morgan fingerprint density at radius 1 is 0.944 bits per heavy atom. The van der Waals surface area contributed by atoms with Crippen molar-refractivity contribution in [3.8, 4) is 0 Å². The maximum absolute atomic E-state index is 10.6. The highest BCUT2D eigenvalue weighted by atomic mass is 16.1. The summed E-state index contributed by atoms with van der Waals surface area (Å²) in [4.78, 5) is 10.6. The second-order valence-corrected chi connectivity index (χ2v) is 4.71. The number of carbonyl (C=O) groups is 1. The molecule has 2 N–H and O–H groups in total. The van der Waals surface area contributed by atoms with E-state index in [-0.39, 0.29) is 5.91 Å². The fourth-order valence-electron chi connectivity index (χ4n) is 2.20. The third kappa shape index (κ3) is 3.59. The highest BCUT2D eigenvalue weighted by Gasteiger charge is 1.98. The van der Waals surface area contributed by atoms with Crippen LogP contribution in [0.25, 0.3) is 10.8 Å². The summed E-state index contributed by atoms with van der Waals surface area (Å²) < 4.78 is 0. The summed E-state index contributed by atoms with van der Waals surface area (Å²) in [5.74, 6) is -0.194. The molecule has 2 rings (SSSR count). The fraction of sp³-hybridized carbons (Fsp3) is 0.312. The van der Waals surface area contributed by atoms with Gasteiger partial charge < -0.3 is 5.73 Å². The molecule has 0 unspecified atom stereocenters. The van der Waals surface area contributed by atoms with Crippen molar-refractivity contribution in [3.05, 3.63) is 48.0 Å². The molecule has 0 aliphatic heterocycles. The molecule has 0 aliphatic carbocycles. The molecule has 2 aromatic rings. The van der Waals surface area contributed by atoms with Crippen molar-refractivity contribution < 1.29 is 4.79 Å². The summed E-state index contributed by atoms with van der Waals surface area (Å²) in [6, 6.07) is 15.0. The van der Waals surface area contributed by atoms with Crippen LogP contribution in [0.3, 0.4) is 0 Å². The molecule has 2 heteroatoms. The summed E-state index contributed by atoms with van der Waals surface area (Å²) in [5, 5.41) is 2.59. The zero-order valence-electron chi connectivity index (χ0n) is 10.6. The standard InChI is InChI=1S/C16H19NO/c17-16(18)9-3-1-2-6-13-10-11-14-7-4-5-8-15(14)12-13/h4-5,7-8,10-12H,1-3,6,9H2,(H2,17,18). The van der Waals surface area contributed by atoms with E-state index in [0.29, 0.717) is 6.42 Å². The van der Waals surface area contributed by atoms with E-state index in [1.807, 2.05) is 0 Å². The minimum Gasteiger partial charge on any atom is -0.370 e. The smallest absolute Gasteiger partial charge is 0.217 e. The van der Waals surface area contributed by atoms with E-state index in [1.165, 1.54) is 16.3 Å². The lowest BCUT2D eigenvalue weighted by atomic mass is 10.0. The number of hydrogen-bond donors (Lipinski definition) is 1. The van der Waals surface area contributed by atoms with Crippen LogP contribution in [-0.4, -0.2) is 5.91 Å². The van der Waals surface area contributed by atoms with Gasteiger partial charge in [-0.15, -0.1) is 0 Å². The van der Waals surface area contributed by atoms with Gasteiger partial charge in [0.15, 0.2) is 0 Å². The van der Waals surface area contributed by atoms with Gasteiger partial charge >= 0.3 is 0 Å². The Hall–Kier alpha value is -1.83. The second kappa shape index (κ2) is 6.20. The number of amides is 1. The van der Waals surface area contributed by atoms with Crippen molar-refractivity contribution in [1.29, 1.82) is 0 Å². The largest absolute Gasteiger partial charge is 0.370 e. The Morgan fingerprint density at radius 2 is 1.72 bits per heavy atom. The average Bonchev–Trinajstić information content (AvgIpc) is 2.38. The first-order chi connectivity index (χ1) is 8.75. The monoisotopic (exact) mass is 241 g/mol. The molecule has 18 heavy (non-hydrogen) atoms. The third-order valence-electron chi connectivity index (χ3n) is 3.20. The number of unbranched alkanes of at least 4 members (excludes halogenated alkanes) is 2. The lowest BCUT2D eigenvalue weighted by Crippen LogP contribution is -2.09. The van der Waals surface area contributed by atoms with E-state index >= 15 is 0 Å². The molecule has 0 aliphatic rings. The molecule has 2 aromatic carbocycles. The van der Waals surface area contributed by atoms with Crippen molar-refractivity contribution in [1.82, 2.24) is 0 Å². The molecule has 0 fully saturated rings. The normalized spacial score (nSPS) is 10.7. The molecule has 1 amide bonds. The first-order valence-corrected chi connectivity index (χ1v) is 6.52. The molecule has 0 spiro atoms. The Kier molecular flexibility index (Phi) is 4.35. The summed E-state index contributed by atoms with van der Waals surface area (Å²) >= 11 is 0. The third-order valence-corrected chi connectivity index (χ3v) is 3.20. The summed E-state index contributed by atoms with van der Waals surface area (Å²) in [5.41, 5.74) is 6.48. The maximum Gasteiger partial charge on any atom is 0.217 e. The minimum atomic E-state index is -0.194. The topological polar surface area (TPSA) is 43.1 Å². The van der Waals surface area contributed by atoms with Gasteiger partial charge in [0.05, 0.1) is 0 Å². The number of primary amides is 1. The number of fused-ring (bicyclic) bond motifs is 1. The molecule has 0 bridgehead atoms. The predicted molar refractivity (Wildman–Crippen MR) is 75.3 cm³/mol. The summed E-state index contributed by atoms with van der Waals surface area (Å²) in [6.45, 7) is 0. The zero-order valence-corrected chi connectivity index (χ0v) is 10.6. The van der Waals surface area contributed by atoms with Gasteiger partial charge in [0.1, 0.15) is 0 Å². The Labute approximate surface area is 108 Å². The summed E-state index contributed by atoms with van der Waals surface area (Å²) in [7, 11) is 0. The van der Waals surface area contributed by atoms with Crippen molar-refractivity contribution in [2.75, 3.05) is 0 Å². The van der Waals surface area contributed by atoms with E-state index in [1.54, 1.807) is 0 Å². The van der Waals surface area contributed by atoms with Crippen LogP contribution < -0.4 is 5.73 Å². The van der Waals surface area contributed by atoms with Gasteiger partial charge in [-0.05, 0) is 35.6 Å². The molecule has 0 saturated heterocycles. The number of aryl methyl sites for hydroxylation is 1. The number of benzene rings is 2. The quantitative estimate of drug-likeness (QED) is 0.774. The molecule has 94 valence electrons. The lowest BCUT2D eigenvalue weighted by molar-refractivity contribution is -0.118. The SMILES string of the molecule is NC(=O)CCCCCc1ccc2ccccc2c1. The van der Waals surface area contributed by atoms with E-state index < -0.39 is 0 Å². The molecule has 0 atom stereocenters. The van der Waals surface area contributed by atoms with Crippen molar-refractivity contribution in [2.24, 2.45) is 5.73 Å². The van der Waals surface area contributed by atoms with Crippen LogP contribution in [0.2, 0.25) is 0 Å². The number of nitrogens with two attached hydrogens (primary N) is 1. The van der Waals surface area contributed by atoms with Crippen LogP contribution in [-0.2, 0) is 11.2 Å². The Balaban J connectivity index is 1.86. The maximum atomic E-state index is 10.6. The first kappa shape index (κ1) is 12.6. The number of rotatable bonds is 6. The highest BCUT2D eigenvalue weighted by molar-refractivity contribution is 5.82. The molecular formula is C16H19NO. The van der Waals surface area contributed by atoms with Gasteiger partial charge in [0.25, 0.3) is 0 Å². The highest BCUT2D eigenvalue weighted by Crippen LogP contribution is 2.17. The van der Waals surface area contributed by atoms with Crippen LogP contribution >= 0.6 is 0 Å². The lowest BCUT2D eigenvalue weighted by Gasteiger charge is -2.03. The Bertz CT molecular complexity index is 533. The zero-order chi connectivity index (χ0) is 12.8.